The van der Waals surface area contributed by atoms with Gasteiger partial charge in [0.1, 0.15) is 6.23 Å². The summed E-state index contributed by atoms with van der Waals surface area (Å²) in [5.41, 5.74) is 0.332. The van der Waals surface area contributed by atoms with Gasteiger partial charge in [-0.25, -0.2) is 0 Å². The minimum Gasteiger partial charge on any atom is -0.390 e. The zero-order chi connectivity index (χ0) is 14.3. The highest BCUT2D eigenvalue weighted by Crippen LogP contribution is 2.52. The number of rotatable bonds is 2. The van der Waals surface area contributed by atoms with Crippen LogP contribution in [0.1, 0.15) is 46.5 Å². The lowest BCUT2D eigenvalue weighted by molar-refractivity contribution is -0.0709. The highest BCUT2D eigenvalue weighted by atomic mass is 16.3. The molecule has 0 bridgehead atoms. The molecule has 1 saturated carbocycles. The standard InChI is InChI=1S/C16H27NO2/c1-11(2)5-6-13-12(3)17-14(18)16(13)9-7-15(4,19)8-10-16/h5-6,12-14,17-19H,1,7-10H2,2-4H3/b6-5-. The van der Waals surface area contributed by atoms with Gasteiger partial charge in [0.15, 0.2) is 0 Å². The summed E-state index contributed by atoms with van der Waals surface area (Å²) in [4.78, 5) is 0. The molecule has 1 aliphatic heterocycles. The predicted octanol–water partition coefficient (Wildman–Crippen LogP) is 2.36. The molecule has 2 fully saturated rings. The van der Waals surface area contributed by atoms with Crippen LogP contribution in [0.2, 0.25) is 0 Å². The van der Waals surface area contributed by atoms with Gasteiger partial charge in [0, 0.05) is 17.4 Å². The molecule has 3 nitrogen and oxygen atoms in total. The summed E-state index contributed by atoms with van der Waals surface area (Å²) in [7, 11) is 0. The second-order valence-corrected chi connectivity index (χ2v) is 6.82. The zero-order valence-electron chi connectivity index (χ0n) is 12.3. The molecule has 3 N–H and O–H groups in total. The first kappa shape index (κ1) is 14.8. The van der Waals surface area contributed by atoms with Crippen LogP contribution in [0.25, 0.3) is 0 Å². The summed E-state index contributed by atoms with van der Waals surface area (Å²) in [6.45, 7) is 9.91. The van der Waals surface area contributed by atoms with Crippen LogP contribution >= 0.6 is 0 Å². The van der Waals surface area contributed by atoms with E-state index in [9.17, 15) is 10.2 Å². The molecule has 0 aromatic heterocycles. The van der Waals surface area contributed by atoms with Gasteiger partial charge in [0.2, 0.25) is 0 Å². The molecule has 1 spiro atoms. The minimum absolute atomic E-state index is 0.131. The van der Waals surface area contributed by atoms with Crippen molar-refractivity contribution in [2.24, 2.45) is 11.3 Å². The molecule has 0 aromatic carbocycles. The number of nitrogens with one attached hydrogen (secondary N) is 1. The third kappa shape index (κ3) is 2.78. The van der Waals surface area contributed by atoms with Gasteiger partial charge < -0.3 is 10.2 Å². The van der Waals surface area contributed by atoms with Gasteiger partial charge >= 0.3 is 0 Å². The van der Waals surface area contributed by atoms with E-state index < -0.39 is 11.8 Å². The molecular formula is C16H27NO2. The molecule has 19 heavy (non-hydrogen) atoms. The third-order valence-electron chi connectivity index (χ3n) is 5.01. The SMILES string of the molecule is C=C(C)/C=C\C1C(C)NC(O)C12CCC(C)(O)CC2. The highest BCUT2D eigenvalue weighted by Gasteiger charge is 2.54. The molecule has 1 aliphatic carbocycles. The fraction of sp³-hybridized carbons (Fsp3) is 0.750. The highest BCUT2D eigenvalue weighted by molar-refractivity contribution is 5.18. The summed E-state index contributed by atoms with van der Waals surface area (Å²) in [5.74, 6) is 0.301. The molecule has 0 amide bonds. The van der Waals surface area contributed by atoms with Crippen LogP contribution < -0.4 is 5.32 Å². The average molecular weight is 265 g/mol. The van der Waals surface area contributed by atoms with Crippen molar-refractivity contribution in [1.82, 2.24) is 5.32 Å². The van der Waals surface area contributed by atoms with Crippen molar-refractivity contribution >= 4 is 0 Å². The number of hydrogen-bond acceptors (Lipinski definition) is 3. The molecule has 3 heteroatoms. The second-order valence-electron chi connectivity index (χ2n) is 6.82. The lowest BCUT2D eigenvalue weighted by Crippen LogP contribution is -2.45. The average Bonchev–Trinajstić information content (AvgIpc) is 2.52. The first-order chi connectivity index (χ1) is 8.77. The first-order valence-corrected chi connectivity index (χ1v) is 7.27. The van der Waals surface area contributed by atoms with E-state index in [1.165, 1.54) is 0 Å². The zero-order valence-corrected chi connectivity index (χ0v) is 12.3. The minimum atomic E-state index is -0.570. The van der Waals surface area contributed by atoms with E-state index in [1.54, 1.807) is 0 Å². The second kappa shape index (κ2) is 5.04. The fourth-order valence-corrected chi connectivity index (χ4v) is 3.69. The Morgan fingerprint density at radius 3 is 2.42 bits per heavy atom. The fourth-order valence-electron chi connectivity index (χ4n) is 3.69. The third-order valence-corrected chi connectivity index (χ3v) is 5.01. The quantitative estimate of drug-likeness (QED) is 0.672. The normalized spacial score (nSPS) is 47.1. The van der Waals surface area contributed by atoms with E-state index in [2.05, 4.69) is 31.0 Å². The first-order valence-electron chi connectivity index (χ1n) is 7.27. The monoisotopic (exact) mass is 265 g/mol. The van der Waals surface area contributed by atoms with E-state index in [4.69, 9.17) is 0 Å². The smallest absolute Gasteiger partial charge is 0.111 e. The van der Waals surface area contributed by atoms with Crippen molar-refractivity contribution < 1.29 is 10.2 Å². The van der Waals surface area contributed by atoms with E-state index >= 15 is 0 Å². The van der Waals surface area contributed by atoms with Crippen molar-refractivity contribution in [3.05, 3.63) is 24.3 Å². The molecule has 0 aromatic rings. The van der Waals surface area contributed by atoms with Gasteiger partial charge in [0.05, 0.1) is 5.60 Å². The summed E-state index contributed by atoms with van der Waals surface area (Å²) in [5, 5.41) is 23.8. The molecule has 3 atom stereocenters. The summed E-state index contributed by atoms with van der Waals surface area (Å²) in [6.07, 6.45) is 7.02. The van der Waals surface area contributed by atoms with Crippen LogP contribution in [0.15, 0.2) is 24.3 Å². The predicted molar refractivity (Wildman–Crippen MR) is 77.6 cm³/mol. The molecule has 1 saturated heterocycles. The van der Waals surface area contributed by atoms with Gasteiger partial charge in [0.25, 0.3) is 0 Å². The lowest BCUT2D eigenvalue weighted by atomic mass is 9.62. The van der Waals surface area contributed by atoms with Gasteiger partial charge in [-0.15, -0.1) is 0 Å². The molecule has 0 radical (unpaired) electrons. The van der Waals surface area contributed by atoms with Gasteiger partial charge in [-0.3, -0.25) is 5.32 Å². The van der Waals surface area contributed by atoms with Crippen LogP contribution in [0.3, 0.4) is 0 Å². The lowest BCUT2D eigenvalue weighted by Gasteiger charge is -2.45. The van der Waals surface area contributed by atoms with Crippen molar-refractivity contribution in [2.75, 3.05) is 0 Å². The Balaban J connectivity index is 2.22. The van der Waals surface area contributed by atoms with Crippen molar-refractivity contribution in [2.45, 2.75) is 64.3 Å². The topological polar surface area (TPSA) is 52.5 Å². The molecule has 108 valence electrons. The Labute approximate surface area is 116 Å². The Morgan fingerprint density at radius 2 is 1.89 bits per heavy atom. The molecule has 2 aliphatic rings. The molecule has 2 rings (SSSR count). The molecular weight excluding hydrogens is 238 g/mol. The Morgan fingerprint density at radius 1 is 1.32 bits per heavy atom. The summed E-state index contributed by atoms with van der Waals surface area (Å²) >= 11 is 0. The van der Waals surface area contributed by atoms with E-state index in [0.29, 0.717) is 5.92 Å². The molecule has 1 heterocycles. The van der Waals surface area contributed by atoms with Gasteiger partial charge in [-0.05, 0) is 46.5 Å². The van der Waals surface area contributed by atoms with Crippen LogP contribution in [-0.4, -0.2) is 28.1 Å². The summed E-state index contributed by atoms with van der Waals surface area (Å²) < 4.78 is 0. The number of aliphatic hydroxyl groups excluding tert-OH is 1. The van der Waals surface area contributed by atoms with Crippen LogP contribution in [-0.2, 0) is 0 Å². The van der Waals surface area contributed by atoms with E-state index in [-0.39, 0.29) is 11.5 Å². The van der Waals surface area contributed by atoms with Crippen LogP contribution in [0, 0.1) is 11.3 Å². The van der Waals surface area contributed by atoms with Crippen LogP contribution in [0.5, 0.6) is 0 Å². The molecule has 3 unspecified atom stereocenters. The van der Waals surface area contributed by atoms with Crippen molar-refractivity contribution in [3.8, 4) is 0 Å². The summed E-state index contributed by atoms with van der Waals surface area (Å²) in [6, 6.07) is 0.258. The van der Waals surface area contributed by atoms with Crippen molar-refractivity contribution in [3.63, 3.8) is 0 Å². The maximum absolute atomic E-state index is 10.4. The van der Waals surface area contributed by atoms with Crippen LogP contribution in [0.4, 0.5) is 0 Å². The Kier molecular flexibility index (Phi) is 3.92. The Bertz CT molecular complexity index is 376. The number of aliphatic hydroxyl groups is 2. The van der Waals surface area contributed by atoms with E-state index in [0.717, 1.165) is 31.3 Å². The van der Waals surface area contributed by atoms with Crippen molar-refractivity contribution in [1.29, 1.82) is 0 Å². The largest absolute Gasteiger partial charge is 0.390 e. The Hall–Kier alpha value is -0.640. The maximum atomic E-state index is 10.4. The van der Waals surface area contributed by atoms with Gasteiger partial charge in [-0.2, -0.15) is 0 Å². The van der Waals surface area contributed by atoms with E-state index in [1.807, 2.05) is 13.8 Å². The number of allylic oxidation sites excluding steroid dienone is 2. The van der Waals surface area contributed by atoms with Gasteiger partial charge in [-0.1, -0.05) is 24.3 Å². The number of hydrogen-bond donors (Lipinski definition) is 3. The maximum Gasteiger partial charge on any atom is 0.111 e.